The fourth-order valence-electron chi connectivity index (χ4n) is 8.99. The zero-order chi connectivity index (χ0) is 49.6. The van der Waals surface area contributed by atoms with E-state index in [1.54, 1.807) is 0 Å². The number of anilines is 2. The molecule has 0 saturated carbocycles. The lowest BCUT2D eigenvalue weighted by Gasteiger charge is -2.44. The van der Waals surface area contributed by atoms with Gasteiger partial charge in [-0.05, 0) is 97.5 Å². The van der Waals surface area contributed by atoms with Crippen molar-refractivity contribution in [2.24, 2.45) is 11.5 Å². The highest BCUT2D eigenvalue weighted by molar-refractivity contribution is 6.09. The number of nitriles is 2. The Labute approximate surface area is 383 Å². The van der Waals surface area contributed by atoms with Crippen LogP contribution in [0.25, 0.3) is 0 Å². The van der Waals surface area contributed by atoms with Crippen LogP contribution in [-0.2, 0) is 21.9 Å². The van der Waals surface area contributed by atoms with E-state index >= 15 is 0 Å². The normalized spacial score (nSPS) is 18.6. The molecule has 2 heterocycles. The molecular weight excluding hydrogens is 899 g/mol. The maximum absolute atomic E-state index is 13.5. The number of primary amides is 2. The van der Waals surface area contributed by atoms with E-state index in [2.05, 4.69) is 0 Å². The Kier molecular flexibility index (Phi) is 12.8. The van der Waals surface area contributed by atoms with E-state index in [0.717, 1.165) is 34.1 Å². The van der Waals surface area contributed by atoms with Gasteiger partial charge < -0.3 is 21.3 Å². The summed E-state index contributed by atoms with van der Waals surface area (Å²) in [7, 11) is 2.81. The van der Waals surface area contributed by atoms with Gasteiger partial charge in [0.25, 0.3) is 0 Å². The molecule has 4 N–H and O–H groups in total. The highest BCUT2D eigenvalue weighted by Gasteiger charge is 2.46. The number of alkyl halides is 6. The number of carbonyl (C=O) groups excluding carboxylic acids is 6. The predicted molar refractivity (Wildman–Crippen MR) is 231 cm³/mol. The van der Waals surface area contributed by atoms with E-state index in [4.69, 9.17) is 11.5 Å². The molecule has 68 heavy (non-hydrogen) atoms. The average molecular weight is 937 g/mol. The molecule has 4 aromatic carbocycles. The highest BCUT2D eigenvalue weighted by Crippen LogP contribution is 2.47. The molecular formula is C48H38F6N8O6. The molecule has 2 aliphatic carbocycles. The molecule has 2 atom stereocenters. The number of nitrogens with zero attached hydrogens (tertiary/aromatic N) is 6. The van der Waals surface area contributed by atoms with Crippen molar-refractivity contribution in [1.82, 2.24) is 9.80 Å². The molecule has 2 unspecified atom stereocenters. The number of rotatable bonds is 6. The van der Waals surface area contributed by atoms with Crippen molar-refractivity contribution in [3.8, 4) is 12.1 Å². The van der Waals surface area contributed by atoms with Crippen LogP contribution in [-0.4, -0.2) is 59.3 Å². The van der Waals surface area contributed by atoms with Gasteiger partial charge in [0.2, 0.25) is 11.8 Å². The molecule has 8 rings (SSSR count). The minimum atomic E-state index is -4.61. The molecule has 2 aliphatic heterocycles. The first-order valence-electron chi connectivity index (χ1n) is 20.8. The number of hydrogen-bond donors (Lipinski definition) is 2. The SMILES string of the molecule is CN1C(=O)N(c2cccc(C(F)(F)F)c2)C2=C(C(=O)CCC2)C1c1ccc(C#N)cc1C(N)=O.CN1C(=O)N(c2cccc(C(F)(F)F)c2)C2=C(C(=O)CCC2)C1c1ccc(C#N)cc1C(N)=O. The largest absolute Gasteiger partial charge is 0.416 e. The molecule has 4 aromatic rings. The Morgan fingerprint density at radius 2 is 0.941 bits per heavy atom. The molecule has 0 spiro atoms. The fourth-order valence-corrected chi connectivity index (χ4v) is 8.99. The maximum atomic E-state index is 13.5. The molecule has 4 aliphatic rings. The number of amides is 6. The third-order valence-electron chi connectivity index (χ3n) is 12.1. The molecule has 0 bridgehead atoms. The number of allylic oxidation sites excluding steroid dienone is 2. The minimum absolute atomic E-state index is 0.0118. The summed E-state index contributed by atoms with van der Waals surface area (Å²) >= 11 is 0. The van der Waals surface area contributed by atoms with Gasteiger partial charge in [-0.2, -0.15) is 36.9 Å². The Morgan fingerprint density at radius 1 is 0.574 bits per heavy atom. The summed E-state index contributed by atoms with van der Waals surface area (Å²) in [5.74, 6) is -2.22. The molecule has 0 saturated heterocycles. The van der Waals surface area contributed by atoms with Crippen molar-refractivity contribution >= 4 is 46.8 Å². The van der Waals surface area contributed by atoms with Crippen LogP contribution in [0.15, 0.2) is 107 Å². The Hall–Kier alpha value is -8.26. The third kappa shape index (κ3) is 8.75. The van der Waals surface area contributed by atoms with Crippen molar-refractivity contribution < 1.29 is 55.1 Å². The van der Waals surface area contributed by atoms with Crippen molar-refractivity contribution in [3.63, 3.8) is 0 Å². The summed E-state index contributed by atoms with van der Waals surface area (Å²) in [6.07, 6.45) is -7.42. The molecule has 0 fully saturated rings. The van der Waals surface area contributed by atoms with Crippen LogP contribution in [0.2, 0.25) is 0 Å². The number of likely N-dealkylation sites (N-methyl/N-ethyl adjacent to an activating group) is 2. The number of halogens is 6. The summed E-state index contributed by atoms with van der Waals surface area (Å²) in [6, 6.07) is 17.7. The van der Waals surface area contributed by atoms with Crippen LogP contribution in [0.3, 0.4) is 0 Å². The zero-order valence-electron chi connectivity index (χ0n) is 36.0. The van der Waals surface area contributed by atoms with Gasteiger partial charge in [0.15, 0.2) is 11.6 Å². The van der Waals surface area contributed by atoms with Crippen molar-refractivity contribution in [2.75, 3.05) is 23.9 Å². The number of nitrogens with two attached hydrogens (primary N) is 2. The van der Waals surface area contributed by atoms with Gasteiger partial charge in [0, 0.05) is 60.6 Å². The number of Topliss-reactive ketones (excluding diaryl/α,β-unsaturated/α-hetero) is 2. The molecule has 6 amide bonds. The quantitative estimate of drug-likeness (QED) is 0.178. The molecule has 348 valence electrons. The Balaban J connectivity index is 0.000000201. The number of carbonyl (C=O) groups is 6. The van der Waals surface area contributed by atoms with E-state index in [1.165, 1.54) is 84.6 Å². The second-order valence-corrected chi connectivity index (χ2v) is 16.2. The highest BCUT2D eigenvalue weighted by atomic mass is 19.4. The monoisotopic (exact) mass is 936 g/mol. The molecule has 20 heteroatoms. The topological polar surface area (TPSA) is 215 Å². The van der Waals surface area contributed by atoms with Crippen LogP contribution >= 0.6 is 0 Å². The standard InChI is InChI=1S/2C24H19F3N4O3/c2*1-30-21(16-9-8-13(12-28)10-17(16)22(29)33)20-18(6-3-7-19(20)32)31(23(30)34)15-5-2-4-14(11-15)24(25,26)27/h2*2,4-5,8-11,21H,3,6-7H2,1H3,(H2,29,33). The van der Waals surface area contributed by atoms with E-state index in [9.17, 15) is 65.6 Å². The third-order valence-corrected chi connectivity index (χ3v) is 12.1. The van der Waals surface area contributed by atoms with E-state index in [0.29, 0.717) is 24.2 Å². The van der Waals surface area contributed by atoms with E-state index in [1.807, 2.05) is 12.1 Å². The van der Waals surface area contributed by atoms with Gasteiger partial charge in [-0.25, -0.2) is 9.59 Å². The van der Waals surface area contributed by atoms with Crippen molar-refractivity contribution in [2.45, 2.75) is 63.0 Å². The Bertz CT molecular complexity index is 2790. The van der Waals surface area contributed by atoms with Crippen LogP contribution < -0.4 is 21.3 Å². The summed E-state index contributed by atoms with van der Waals surface area (Å²) in [5, 5.41) is 18.4. The first-order valence-corrected chi connectivity index (χ1v) is 20.8. The lowest BCUT2D eigenvalue weighted by atomic mass is 9.82. The second kappa shape index (κ2) is 18.2. The van der Waals surface area contributed by atoms with E-state index < -0.39 is 59.4 Å². The summed E-state index contributed by atoms with van der Waals surface area (Å²) < 4.78 is 79.9. The maximum Gasteiger partial charge on any atom is 0.416 e. The molecule has 0 aromatic heterocycles. The number of benzene rings is 4. The molecule has 0 radical (unpaired) electrons. The van der Waals surface area contributed by atoms with Crippen LogP contribution in [0.1, 0.15) is 105 Å². The first kappa shape index (κ1) is 47.7. The van der Waals surface area contributed by atoms with Crippen LogP contribution in [0, 0.1) is 22.7 Å². The van der Waals surface area contributed by atoms with Crippen LogP contribution in [0.4, 0.5) is 47.3 Å². The molecule has 14 nitrogen and oxygen atoms in total. The first-order chi connectivity index (χ1) is 32.1. The lowest BCUT2D eigenvalue weighted by molar-refractivity contribution is -0.138. The smallest absolute Gasteiger partial charge is 0.366 e. The summed E-state index contributed by atoms with van der Waals surface area (Å²) in [6.45, 7) is 0. The van der Waals surface area contributed by atoms with Crippen LogP contribution in [0.5, 0.6) is 0 Å². The van der Waals surface area contributed by atoms with Crippen molar-refractivity contribution in [3.05, 3.63) is 152 Å². The summed E-state index contributed by atoms with van der Waals surface area (Å²) in [5.41, 5.74) is 11.1. The zero-order valence-corrected chi connectivity index (χ0v) is 36.0. The lowest BCUT2D eigenvalue weighted by Crippen LogP contribution is -2.50. The van der Waals surface area contributed by atoms with Gasteiger partial charge in [0.05, 0.1) is 57.9 Å². The summed E-state index contributed by atoms with van der Waals surface area (Å²) in [4.78, 5) is 82.2. The number of hydrogen-bond acceptors (Lipinski definition) is 8. The number of ketones is 2. The predicted octanol–water partition coefficient (Wildman–Crippen LogP) is 8.59. The second-order valence-electron chi connectivity index (χ2n) is 16.2. The Morgan fingerprint density at radius 3 is 1.26 bits per heavy atom. The van der Waals surface area contributed by atoms with Crippen molar-refractivity contribution in [1.29, 1.82) is 10.5 Å². The van der Waals surface area contributed by atoms with Gasteiger partial charge in [-0.1, -0.05) is 24.3 Å². The fraction of sp³-hybridized carbons (Fsp3) is 0.250. The van der Waals surface area contributed by atoms with Gasteiger partial charge >= 0.3 is 24.4 Å². The van der Waals surface area contributed by atoms with Gasteiger partial charge in [-0.3, -0.25) is 29.0 Å². The average Bonchev–Trinajstić information content (AvgIpc) is 3.30. The minimum Gasteiger partial charge on any atom is -0.366 e. The number of urea groups is 2. The van der Waals surface area contributed by atoms with Gasteiger partial charge in [0.1, 0.15) is 0 Å². The van der Waals surface area contributed by atoms with Gasteiger partial charge in [-0.15, -0.1) is 0 Å². The van der Waals surface area contributed by atoms with E-state index in [-0.39, 0.29) is 93.2 Å².